The number of hydrogen-bond acceptors (Lipinski definition) is 0. The van der Waals surface area contributed by atoms with Crippen LogP contribution in [0.4, 0.5) is 0 Å². The van der Waals surface area contributed by atoms with Crippen molar-refractivity contribution in [1.29, 1.82) is 0 Å². The SMILES string of the molecule is CCCCCCCCCCCCCCCC/C=C/[P]. The molecule has 0 unspecified atom stereocenters. The van der Waals surface area contributed by atoms with Crippen molar-refractivity contribution in [3.63, 3.8) is 0 Å². The normalized spacial score (nSPS) is 11.5. The Labute approximate surface area is 125 Å². The molecule has 0 nitrogen and oxygen atoms in total. The van der Waals surface area contributed by atoms with Crippen LogP contribution in [0.2, 0.25) is 0 Å². The molecule has 0 saturated carbocycles. The highest BCUT2D eigenvalue weighted by atomic mass is 31.0. The molecular formula is C18H35P. The Hall–Kier alpha value is 0.170. The summed E-state index contributed by atoms with van der Waals surface area (Å²) in [6.07, 6.45) is 23.5. The fourth-order valence-electron chi connectivity index (χ4n) is 2.53. The average Bonchev–Trinajstić information content (AvgIpc) is 2.43. The summed E-state index contributed by atoms with van der Waals surface area (Å²) in [5, 5.41) is 0. The van der Waals surface area contributed by atoms with E-state index in [1.807, 2.05) is 5.82 Å². The first kappa shape index (κ1) is 19.2. The summed E-state index contributed by atoms with van der Waals surface area (Å²) in [4.78, 5) is 0. The maximum atomic E-state index is 4.06. The van der Waals surface area contributed by atoms with Crippen molar-refractivity contribution in [1.82, 2.24) is 0 Å². The molecule has 0 aliphatic rings. The van der Waals surface area contributed by atoms with Gasteiger partial charge < -0.3 is 0 Å². The Morgan fingerprint density at radius 3 is 1.32 bits per heavy atom. The zero-order valence-corrected chi connectivity index (χ0v) is 14.1. The monoisotopic (exact) mass is 282 g/mol. The van der Waals surface area contributed by atoms with Gasteiger partial charge in [-0.1, -0.05) is 102 Å². The van der Waals surface area contributed by atoms with Crippen LogP contribution < -0.4 is 0 Å². The van der Waals surface area contributed by atoms with Crippen LogP contribution in [-0.2, 0) is 0 Å². The van der Waals surface area contributed by atoms with Crippen LogP contribution in [0.15, 0.2) is 11.9 Å². The molecule has 0 heterocycles. The molecule has 0 aromatic carbocycles. The second-order valence-electron chi connectivity index (χ2n) is 5.77. The van der Waals surface area contributed by atoms with Gasteiger partial charge in [-0.2, -0.15) is 0 Å². The van der Waals surface area contributed by atoms with Gasteiger partial charge >= 0.3 is 0 Å². The lowest BCUT2D eigenvalue weighted by Crippen LogP contribution is -1.83. The van der Waals surface area contributed by atoms with E-state index in [9.17, 15) is 0 Å². The molecule has 0 aromatic heterocycles. The first-order valence-electron chi connectivity index (χ1n) is 8.71. The van der Waals surface area contributed by atoms with Crippen LogP contribution in [0.25, 0.3) is 0 Å². The molecule has 1 heteroatoms. The van der Waals surface area contributed by atoms with E-state index in [1.54, 1.807) is 0 Å². The number of rotatable bonds is 15. The lowest BCUT2D eigenvalue weighted by atomic mass is 10.0. The summed E-state index contributed by atoms with van der Waals surface area (Å²) in [7, 11) is 4.06. The number of hydrogen-bond donors (Lipinski definition) is 0. The van der Waals surface area contributed by atoms with Gasteiger partial charge in [0.1, 0.15) is 0 Å². The minimum Gasteiger partial charge on any atom is -0.0834 e. The van der Waals surface area contributed by atoms with E-state index in [2.05, 4.69) is 22.2 Å². The molecule has 0 N–H and O–H groups in total. The van der Waals surface area contributed by atoms with E-state index < -0.39 is 0 Å². The minimum absolute atomic E-state index is 1.21. The molecule has 0 bridgehead atoms. The molecule has 0 rings (SSSR count). The van der Waals surface area contributed by atoms with Crippen molar-refractivity contribution in [2.24, 2.45) is 0 Å². The molecule has 0 aliphatic heterocycles. The Bertz CT molecular complexity index is 175. The Morgan fingerprint density at radius 1 is 0.579 bits per heavy atom. The van der Waals surface area contributed by atoms with Crippen LogP contribution in [0.1, 0.15) is 103 Å². The molecule has 0 atom stereocenters. The second kappa shape index (κ2) is 18.2. The summed E-state index contributed by atoms with van der Waals surface area (Å²) in [5.41, 5.74) is 0. The highest BCUT2D eigenvalue weighted by Gasteiger charge is 1.93. The zero-order valence-electron chi connectivity index (χ0n) is 13.2. The Morgan fingerprint density at radius 2 is 0.947 bits per heavy atom. The molecule has 0 saturated heterocycles. The summed E-state index contributed by atoms with van der Waals surface area (Å²) in [6.45, 7) is 2.29. The third-order valence-corrected chi connectivity index (χ3v) is 4.04. The number of unbranched alkanes of at least 4 members (excludes halogenated alkanes) is 14. The van der Waals surface area contributed by atoms with Crippen molar-refractivity contribution in [2.75, 3.05) is 0 Å². The van der Waals surface area contributed by atoms with E-state index in [0.29, 0.717) is 0 Å². The van der Waals surface area contributed by atoms with Gasteiger partial charge in [0.15, 0.2) is 0 Å². The molecule has 0 aliphatic carbocycles. The van der Waals surface area contributed by atoms with E-state index in [0.717, 1.165) is 0 Å². The summed E-state index contributed by atoms with van der Waals surface area (Å²) >= 11 is 0. The lowest BCUT2D eigenvalue weighted by Gasteiger charge is -2.02. The molecule has 2 radical (unpaired) electrons. The largest absolute Gasteiger partial charge is 0.0834 e. The second-order valence-corrected chi connectivity index (χ2v) is 6.07. The van der Waals surface area contributed by atoms with Gasteiger partial charge in [0.2, 0.25) is 0 Å². The van der Waals surface area contributed by atoms with Crippen LogP contribution in [0.3, 0.4) is 0 Å². The van der Waals surface area contributed by atoms with Crippen molar-refractivity contribution in [2.45, 2.75) is 103 Å². The summed E-state index contributed by atoms with van der Waals surface area (Å²) in [6, 6.07) is 0. The standard InChI is InChI=1S/C18H35P/c1-2-3-4-5-6-7-8-9-10-11-12-13-14-15-16-17-18-19/h17-18H,2-16H2,1H3/b18-17+. The first-order valence-corrected chi connectivity index (χ1v) is 9.22. The highest BCUT2D eigenvalue weighted by molar-refractivity contribution is 7.20. The van der Waals surface area contributed by atoms with Crippen LogP contribution >= 0.6 is 9.24 Å². The van der Waals surface area contributed by atoms with Gasteiger partial charge in [-0.3, -0.25) is 0 Å². The minimum atomic E-state index is 1.21. The Balaban J connectivity index is 2.91. The maximum Gasteiger partial charge on any atom is -0.0146 e. The molecule has 112 valence electrons. The van der Waals surface area contributed by atoms with Gasteiger partial charge in [0.05, 0.1) is 0 Å². The predicted octanol–water partition coefficient (Wildman–Crippen LogP) is 7.78. The summed E-state index contributed by atoms with van der Waals surface area (Å²) in [5.74, 6) is 1.86. The Kier molecular flexibility index (Phi) is 18.3. The van der Waals surface area contributed by atoms with E-state index in [1.165, 1.54) is 96.3 Å². The maximum absolute atomic E-state index is 4.06. The van der Waals surface area contributed by atoms with Gasteiger partial charge in [0, 0.05) is 0 Å². The van der Waals surface area contributed by atoms with Crippen molar-refractivity contribution in [3.05, 3.63) is 11.9 Å². The zero-order chi connectivity index (χ0) is 14.0. The average molecular weight is 282 g/mol. The van der Waals surface area contributed by atoms with E-state index in [-0.39, 0.29) is 0 Å². The third kappa shape index (κ3) is 18.2. The molecule has 19 heavy (non-hydrogen) atoms. The van der Waals surface area contributed by atoms with Crippen LogP contribution in [-0.4, -0.2) is 0 Å². The molecular weight excluding hydrogens is 247 g/mol. The topological polar surface area (TPSA) is 0 Å². The summed E-state index contributed by atoms with van der Waals surface area (Å²) < 4.78 is 0. The van der Waals surface area contributed by atoms with Crippen LogP contribution in [0, 0.1) is 0 Å². The smallest absolute Gasteiger partial charge is 0.0146 e. The fourth-order valence-corrected chi connectivity index (χ4v) is 2.68. The number of allylic oxidation sites excluding steroid dienone is 1. The fraction of sp³-hybridized carbons (Fsp3) is 0.889. The van der Waals surface area contributed by atoms with Gasteiger partial charge in [-0.05, 0) is 22.1 Å². The van der Waals surface area contributed by atoms with E-state index in [4.69, 9.17) is 0 Å². The predicted molar refractivity (Wildman–Crippen MR) is 91.0 cm³/mol. The van der Waals surface area contributed by atoms with Gasteiger partial charge in [-0.25, -0.2) is 0 Å². The highest BCUT2D eigenvalue weighted by Crippen LogP contribution is 2.13. The lowest BCUT2D eigenvalue weighted by molar-refractivity contribution is 0.536. The third-order valence-electron chi connectivity index (χ3n) is 3.83. The molecule has 0 aromatic rings. The molecule has 0 fully saturated rings. The van der Waals surface area contributed by atoms with Crippen LogP contribution in [0.5, 0.6) is 0 Å². The quantitative estimate of drug-likeness (QED) is 0.212. The molecule has 0 spiro atoms. The molecule has 0 amide bonds. The first-order chi connectivity index (χ1) is 9.41. The van der Waals surface area contributed by atoms with Gasteiger partial charge in [0.25, 0.3) is 0 Å². The van der Waals surface area contributed by atoms with Crippen molar-refractivity contribution < 1.29 is 0 Å². The van der Waals surface area contributed by atoms with E-state index >= 15 is 0 Å². The van der Waals surface area contributed by atoms with Gasteiger partial charge in [-0.15, -0.1) is 0 Å². The van der Waals surface area contributed by atoms with Crippen molar-refractivity contribution >= 4 is 9.24 Å². The van der Waals surface area contributed by atoms with Crippen molar-refractivity contribution in [3.8, 4) is 0 Å².